The molecule has 1 aromatic rings. The van der Waals surface area contributed by atoms with Crippen molar-refractivity contribution in [2.24, 2.45) is 0 Å². The van der Waals surface area contributed by atoms with E-state index in [0.29, 0.717) is 6.20 Å². The summed E-state index contributed by atoms with van der Waals surface area (Å²) in [5.74, 6) is -1.44. The van der Waals surface area contributed by atoms with E-state index in [-0.39, 0.29) is 6.07 Å². The summed E-state index contributed by atoms with van der Waals surface area (Å²) in [6.45, 7) is 0. The van der Waals surface area contributed by atoms with Crippen molar-refractivity contribution >= 4 is 0 Å². The van der Waals surface area contributed by atoms with Crippen molar-refractivity contribution in [2.45, 2.75) is 6.18 Å². The molecule has 0 atom stereocenters. The van der Waals surface area contributed by atoms with Gasteiger partial charge >= 0.3 is 6.18 Å². The largest absolute Gasteiger partial charge is 0.417 e. The van der Waals surface area contributed by atoms with Crippen LogP contribution in [-0.4, -0.2) is 4.98 Å². The van der Waals surface area contributed by atoms with E-state index in [1.54, 1.807) is 4.98 Å². The first-order valence-electron chi connectivity index (χ1n) is 2.86. The van der Waals surface area contributed by atoms with Crippen LogP contribution in [0.2, 0.25) is 0 Å². The standard InChI is InChI=1S/C6H3F4NO/c7-4-1-3(6(8,9)10)2-11-5(4)12/h1-2H,(H,11,12). The third-order valence-corrected chi connectivity index (χ3v) is 1.19. The Morgan fingerprint density at radius 3 is 2.33 bits per heavy atom. The highest BCUT2D eigenvalue weighted by Crippen LogP contribution is 2.27. The first-order chi connectivity index (χ1) is 5.41. The van der Waals surface area contributed by atoms with Crippen molar-refractivity contribution in [1.82, 2.24) is 4.98 Å². The molecule has 0 saturated heterocycles. The number of nitrogens with one attached hydrogen (secondary N) is 1. The maximum atomic E-state index is 12.3. The second kappa shape index (κ2) is 2.62. The molecule has 6 heteroatoms. The van der Waals surface area contributed by atoms with Crippen molar-refractivity contribution < 1.29 is 17.6 Å². The molecule has 0 aliphatic carbocycles. The van der Waals surface area contributed by atoms with Gasteiger partial charge in [0.2, 0.25) is 0 Å². The molecule has 0 fully saturated rings. The van der Waals surface area contributed by atoms with Gasteiger partial charge in [-0.15, -0.1) is 0 Å². The van der Waals surface area contributed by atoms with Crippen LogP contribution in [0.25, 0.3) is 0 Å². The lowest BCUT2D eigenvalue weighted by molar-refractivity contribution is -0.138. The Labute approximate surface area is 63.8 Å². The van der Waals surface area contributed by atoms with E-state index < -0.39 is 23.1 Å². The average molecular weight is 181 g/mol. The third kappa shape index (κ3) is 1.63. The molecule has 0 bridgehead atoms. The smallest absolute Gasteiger partial charge is 0.326 e. The molecule has 0 radical (unpaired) electrons. The molecule has 0 aromatic carbocycles. The topological polar surface area (TPSA) is 32.9 Å². The van der Waals surface area contributed by atoms with Gasteiger partial charge in [-0.2, -0.15) is 13.2 Å². The van der Waals surface area contributed by atoms with E-state index >= 15 is 0 Å². The van der Waals surface area contributed by atoms with Gasteiger partial charge in [0.1, 0.15) is 0 Å². The fourth-order valence-electron chi connectivity index (χ4n) is 0.620. The highest BCUT2D eigenvalue weighted by Gasteiger charge is 2.31. The maximum Gasteiger partial charge on any atom is 0.417 e. The highest BCUT2D eigenvalue weighted by molar-refractivity contribution is 5.13. The van der Waals surface area contributed by atoms with E-state index in [1.807, 2.05) is 0 Å². The lowest BCUT2D eigenvalue weighted by atomic mass is 10.3. The number of halogens is 4. The molecular formula is C6H3F4NO. The molecule has 12 heavy (non-hydrogen) atoms. The van der Waals surface area contributed by atoms with E-state index in [4.69, 9.17) is 0 Å². The Morgan fingerprint density at radius 1 is 1.33 bits per heavy atom. The minimum absolute atomic E-state index is 0.152. The Hall–Kier alpha value is -1.33. The molecule has 0 saturated carbocycles. The van der Waals surface area contributed by atoms with Crippen LogP contribution in [0, 0.1) is 5.82 Å². The summed E-state index contributed by atoms with van der Waals surface area (Å²) in [6, 6.07) is 0.152. The molecule has 0 unspecified atom stereocenters. The van der Waals surface area contributed by atoms with Crippen LogP contribution in [0.5, 0.6) is 0 Å². The molecule has 1 N–H and O–H groups in total. The predicted molar refractivity (Wildman–Crippen MR) is 32.0 cm³/mol. The molecule has 1 rings (SSSR count). The molecule has 66 valence electrons. The van der Waals surface area contributed by atoms with Gasteiger partial charge in [-0.1, -0.05) is 0 Å². The van der Waals surface area contributed by atoms with Crippen LogP contribution in [0.15, 0.2) is 17.1 Å². The zero-order chi connectivity index (χ0) is 9.35. The Kier molecular flexibility index (Phi) is 1.91. The van der Waals surface area contributed by atoms with Crippen molar-refractivity contribution in [3.05, 3.63) is 34.0 Å². The molecule has 0 spiro atoms. The van der Waals surface area contributed by atoms with Gasteiger partial charge in [0, 0.05) is 6.20 Å². The number of rotatable bonds is 0. The van der Waals surface area contributed by atoms with Crippen LogP contribution < -0.4 is 5.56 Å². The van der Waals surface area contributed by atoms with Crippen molar-refractivity contribution in [3.8, 4) is 0 Å². The second-order valence-corrected chi connectivity index (χ2v) is 2.06. The molecule has 2 nitrogen and oxygen atoms in total. The van der Waals surface area contributed by atoms with E-state index in [2.05, 4.69) is 0 Å². The number of aromatic nitrogens is 1. The summed E-state index contributed by atoms with van der Waals surface area (Å²) in [7, 11) is 0. The van der Waals surface area contributed by atoms with Gasteiger partial charge in [-0.3, -0.25) is 4.79 Å². The number of alkyl halides is 3. The Balaban J connectivity index is 3.23. The van der Waals surface area contributed by atoms with E-state index in [1.165, 1.54) is 0 Å². The SMILES string of the molecule is O=c1[nH]cc(C(F)(F)F)cc1F. The summed E-state index contributed by atoms with van der Waals surface area (Å²) >= 11 is 0. The Morgan fingerprint density at radius 2 is 1.92 bits per heavy atom. The van der Waals surface area contributed by atoms with Crippen LogP contribution in [0.1, 0.15) is 5.56 Å². The van der Waals surface area contributed by atoms with Crippen LogP contribution in [0.4, 0.5) is 17.6 Å². The number of aromatic amines is 1. The van der Waals surface area contributed by atoms with Gasteiger partial charge in [0.15, 0.2) is 5.82 Å². The van der Waals surface area contributed by atoms with Crippen molar-refractivity contribution in [1.29, 1.82) is 0 Å². The molecule has 0 aliphatic rings. The van der Waals surface area contributed by atoms with Gasteiger partial charge in [0.25, 0.3) is 5.56 Å². The molecule has 0 amide bonds. The van der Waals surface area contributed by atoms with Crippen LogP contribution in [0.3, 0.4) is 0 Å². The van der Waals surface area contributed by atoms with Gasteiger partial charge in [-0.25, -0.2) is 4.39 Å². The van der Waals surface area contributed by atoms with Crippen LogP contribution in [-0.2, 0) is 6.18 Å². The average Bonchev–Trinajstić information content (AvgIpc) is 1.92. The van der Waals surface area contributed by atoms with Crippen molar-refractivity contribution in [3.63, 3.8) is 0 Å². The van der Waals surface area contributed by atoms with Gasteiger partial charge in [0.05, 0.1) is 5.56 Å². The van der Waals surface area contributed by atoms with Crippen LogP contribution >= 0.6 is 0 Å². The lowest BCUT2D eigenvalue weighted by Crippen LogP contribution is -2.14. The predicted octanol–water partition coefficient (Wildman–Crippen LogP) is 1.53. The minimum Gasteiger partial charge on any atom is -0.326 e. The number of pyridine rings is 1. The fourth-order valence-corrected chi connectivity index (χ4v) is 0.620. The number of H-pyrrole nitrogens is 1. The highest BCUT2D eigenvalue weighted by atomic mass is 19.4. The zero-order valence-electron chi connectivity index (χ0n) is 5.57. The van der Waals surface area contributed by atoms with E-state index in [9.17, 15) is 22.4 Å². The van der Waals surface area contributed by atoms with Crippen molar-refractivity contribution in [2.75, 3.05) is 0 Å². The lowest BCUT2D eigenvalue weighted by Gasteiger charge is -2.04. The summed E-state index contributed by atoms with van der Waals surface area (Å²) in [4.78, 5) is 11.9. The molecule has 1 heterocycles. The molecule has 1 aromatic heterocycles. The molecular weight excluding hydrogens is 178 g/mol. The quantitative estimate of drug-likeness (QED) is 0.605. The zero-order valence-corrected chi connectivity index (χ0v) is 5.57. The summed E-state index contributed by atoms with van der Waals surface area (Å²) < 4.78 is 47.7. The third-order valence-electron chi connectivity index (χ3n) is 1.19. The second-order valence-electron chi connectivity index (χ2n) is 2.06. The summed E-state index contributed by atoms with van der Waals surface area (Å²) in [5.41, 5.74) is -2.37. The number of hydrogen-bond acceptors (Lipinski definition) is 1. The summed E-state index contributed by atoms with van der Waals surface area (Å²) in [5, 5.41) is 0. The Bertz CT molecular complexity index is 340. The monoisotopic (exact) mass is 181 g/mol. The fraction of sp³-hybridized carbons (Fsp3) is 0.167. The van der Waals surface area contributed by atoms with Gasteiger partial charge < -0.3 is 4.98 Å². The maximum absolute atomic E-state index is 12.3. The number of hydrogen-bond donors (Lipinski definition) is 1. The van der Waals surface area contributed by atoms with Gasteiger partial charge in [-0.05, 0) is 6.07 Å². The normalized spacial score (nSPS) is 11.7. The first-order valence-corrected chi connectivity index (χ1v) is 2.86. The molecule has 0 aliphatic heterocycles. The summed E-state index contributed by atoms with van der Waals surface area (Å²) in [6.07, 6.45) is -4.21. The first kappa shape index (κ1) is 8.76. The van der Waals surface area contributed by atoms with E-state index in [0.717, 1.165) is 0 Å². The minimum atomic E-state index is -4.63.